The number of esters is 2. The predicted molar refractivity (Wildman–Crippen MR) is 145 cm³/mol. The standard InChI is InChI=1S/C30H48O8/c1-19-10-8-11-20(2)14-16-24(15-13-19)21(3)12-9-17-30(6,7)38-29-27(34)26(33)28(36-23(5)32)25(37-29)18-35-22(4)31/h10,12,14,24-29,33-34H,8-9,11,13,15-18H2,1-7H3/b19-10-,20-14-,21-12+. The van der Waals surface area contributed by atoms with Crippen LogP contribution in [0.2, 0.25) is 0 Å². The first-order chi connectivity index (χ1) is 17.8. The summed E-state index contributed by atoms with van der Waals surface area (Å²) in [5.74, 6) is -0.691. The van der Waals surface area contributed by atoms with Crippen LogP contribution in [0, 0.1) is 5.92 Å². The molecule has 0 radical (unpaired) electrons. The van der Waals surface area contributed by atoms with Gasteiger partial charge in [0.25, 0.3) is 0 Å². The van der Waals surface area contributed by atoms with Gasteiger partial charge < -0.3 is 29.2 Å². The third-order valence-corrected chi connectivity index (χ3v) is 7.35. The second-order valence-corrected chi connectivity index (χ2v) is 11.4. The average molecular weight is 537 g/mol. The van der Waals surface area contributed by atoms with Crippen LogP contribution in [0.1, 0.15) is 93.4 Å². The van der Waals surface area contributed by atoms with Crippen LogP contribution in [0.15, 0.2) is 34.9 Å². The van der Waals surface area contributed by atoms with Crippen LogP contribution in [-0.2, 0) is 28.5 Å². The number of allylic oxidation sites excluding steroid dienone is 6. The smallest absolute Gasteiger partial charge is 0.303 e. The zero-order valence-electron chi connectivity index (χ0n) is 24.2. The quantitative estimate of drug-likeness (QED) is 0.315. The molecule has 0 spiro atoms. The van der Waals surface area contributed by atoms with E-state index in [1.54, 1.807) is 0 Å². The minimum atomic E-state index is -1.46. The van der Waals surface area contributed by atoms with E-state index in [2.05, 4.69) is 39.0 Å². The van der Waals surface area contributed by atoms with Gasteiger partial charge in [0, 0.05) is 13.8 Å². The minimum Gasteiger partial charge on any atom is -0.463 e. The van der Waals surface area contributed by atoms with Crippen molar-refractivity contribution in [1.82, 2.24) is 0 Å². The van der Waals surface area contributed by atoms with Crippen LogP contribution in [-0.4, -0.2) is 65.1 Å². The Kier molecular flexibility index (Phi) is 12.7. The van der Waals surface area contributed by atoms with Gasteiger partial charge in [0.05, 0.1) is 5.60 Å². The molecular weight excluding hydrogens is 488 g/mol. The minimum absolute atomic E-state index is 0.247. The van der Waals surface area contributed by atoms with Gasteiger partial charge >= 0.3 is 11.9 Å². The fourth-order valence-electron chi connectivity index (χ4n) is 4.89. The topological polar surface area (TPSA) is 112 Å². The molecule has 0 aromatic carbocycles. The third-order valence-electron chi connectivity index (χ3n) is 7.35. The van der Waals surface area contributed by atoms with Crippen molar-refractivity contribution in [2.24, 2.45) is 5.92 Å². The molecule has 0 aromatic heterocycles. The fraction of sp³-hybridized carbons (Fsp3) is 0.733. The van der Waals surface area contributed by atoms with E-state index in [1.807, 2.05) is 13.8 Å². The molecule has 8 nitrogen and oxygen atoms in total. The summed E-state index contributed by atoms with van der Waals surface area (Å²) in [4.78, 5) is 22.8. The fourth-order valence-corrected chi connectivity index (χ4v) is 4.89. The van der Waals surface area contributed by atoms with E-state index in [9.17, 15) is 19.8 Å². The summed E-state index contributed by atoms with van der Waals surface area (Å²) in [6.45, 7) is 12.6. The number of hydrogen-bond acceptors (Lipinski definition) is 8. The highest BCUT2D eigenvalue weighted by Crippen LogP contribution is 2.31. The molecule has 2 N–H and O–H groups in total. The molecule has 38 heavy (non-hydrogen) atoms. The first-order valence-corrected chi connectivity index (χ1v) is 13.8. The summed E-state index contributed by atoms with van der Waals surface area (Å²) in [5, 5.41) is 21.3. The predicted octanol–water partition coefficient (Wildman–Crippen LogP) is 4.92. The molecule has 0 amide bonds. The number of carbonyl (C=O) groups excluding carboxylic acids is 2. The van der Waals surface area contributed by atoms with Crippen LogP contribution in [0.3, 0.4) is 0 Å². The van der Waals surface area contributed by atoms with Crippen molar-refractivity contribution in [2.45, 2.75) is 130 Å². The monoisotopic (exact) mass is 536 g/mol. The highest BCUT2D eigenvalue weighted by Gasteiger charge is 2.48. The lowest BCUT2D eigenvalue weighted by molar-refractivity contribution is -0.325. The molecule has 1 aliphatic carbocycles. The number of aliphatic hydroxyl groups is 2. The van der Waals surface area contributed by atoms with Crippen molar-refractivity contribution in [3.05, 3.63) is 34.9 Å². The lowest BCUT2D eigenvalue weighted by atomic mass is 9.87. The van der Waals surface area contributed by atoms with Gasteiger partial charge in [-0.3, -0.25) is 9.59 Å². The van der Waals surface area contributed by atoms with E-state index in [0.717, 1.165) is 38.5 Å². The van der Waals surface area contributed by atoms with Crippen LogP contribution >= 0.6 is 0 Å². The van der Waals surface area contributed by atoms with Crippen molar-refractivity contribution in [2.75, 3.05) is 6.61 Å². The van der Waals surface area contributed by atoms with Crippen LogP contribution in [0.25, 0.3) is 0 Å². The SMILES string of the molecule is CC(=O)OCC1OC(OC(C)(C)CC/C=C(\C)C2C/C=C(/C)CC/C=C(/C)CC2)C(O)C(O)C1OC(C)=O. The highest BCUT2D eigenvalue weighted by molar-refractivity contribution is 5.66. The van der Waals surface area contributed by atoms with Gasteiger partial charge in [-0.15, -0.1) is 0 Å². The first kappa shape index (κ1) is 32.2. The van der Waals surface area contributed by atoms with Crippen LogP contribution < -0.4 is 0 Å². The molecule has 216 valence electrons. The van der Waals surface area contributed by atoms with Crippen molar-refractivity contribution in [3.63, 3.8) is 0 Å². The molecule has 1 saturated heterocycles. The molecule has 2 aliphatic rings. The number of carbonyl (C=O) groups is 2. The second-order valence-electron chi connectivity index (χ2n) is 11.4. The lowest BCUT2D eigenvalue weighted by Crippen LogP contribution is -2.61. The third kappa shape index (κ3) is 10.6. The molecule has 0 aromatic rings. The van der Waals surface area contributed by atoms with E-state index in [4.69, 9.17) is 18.9 Å². The van der Waals surface area contributed by atoms with E-state index in [0.29, 0.717) is 12.3 Å². The van der Waals surface area contributed by atoms with Crippen LogP contribution in [0.4, 0.5) is 0 Å². The van der Waals surface area contributed by atoms with Crippen molar-refractivity contribution < 1.29 is 38.7 Å². The number of aliphatic hydroxyl groups excluding tert-OH is 2. The van der Waals surface area contributed by atoms with E-state index in [-0.39, 0.29) is 6.61 Å². The largest absolute Gasteiger partial charge is 0.463 e. The number of hydrogen-bond donors (Lipinski definition) is 2. The van der Waals surface area contributed by atoms with Gasteiger partial charge in [0.15, 0.2) is 12.4 Å². The average Bonchev–Trinajstić information content (AvgIpc) is 2.82. The summed E-state index contributed by atoms with van der Waals surface area (Å²) in [5.41, 5.74) is 3.59. The molecule has 1 heterocycles. The molecule has 8 heteroatoms. The summed E-state index contributed by atoms with van der Waals surface area (Å²) >= 11 is 0. The van der Waals surface area contributed by atoms with Gasteiger partial charge in [-0.1, -0.05) is 34.9 Å². The van der Waals surface area contributed by atoms with Gasteiger partial charge in [-0.05, 0) is 85.5 Å². The maximum atomic E-state index is 11.5. The van der Waals surface area contributed by atoms with Crippen molar-refractivity contribution in [3.8, 4) is 0 Å². The van der Waals surface area contributed by atoms with Gasteiger partial charge in [-0.25, -0.2) is 0 Å². The Balaban J connectivity index is 2.02. The van der Waals surface area contributed by atoms with Crippen LogP contribution in [0.5, 0.6) is 0 Å². The molecule has 1 fully saturated rings. The van der Waals surface area contributed by atoms with Crippen molar-refractivity contribution >= 4 is 11.9 Å². The highest BCUT2D eigenvalue weighted by atomic mass is 16.7. The number of rotatable bonds is 9. The van der Waals surface area contributed by atoms with Gasteiger partial charge in [0.1, 0.15) is 24.9 Å². The summed E-state index contributed by atoms with van der Waals surface area (Å²) in [6, 6.07) is 0. The zero-order chi connectivity index (χ0) is 28.5. The molecule has 0 saturated carbocycles. The summed E-state index contributed by atoms with van der Waals surface area (Å²) in [6.07, 6.45) is 7.73. The number of ether oxygens (including phenoxy) is 4. The Morgan fingerprint density at radius 2 is 1.74 bits per heavy atom. The maximum absolute atomic E-state index is 11.5. The molecule has 1 aliphatic heterocycles. The van der Waals surface area contributed by atoms with E-state index >= 15 is 0 Å². The maximum Gasteiger partial charge on any atom is 0.303 e. The Hall–Kier alpha value is -2.00. The lowest BCUT2D eigenvalue weighted by Gasteiger charge is -2.43. The Bertz CT molecular complexity index is 887. The Morgan fingerprint density at radius 3 is 2.39 bits per heavy atom. The van der Waals surface area contributed by atoms with E-state index < -0.39 is 48.2 Å². The first-order valence-electron chi connectivity index (χ1n) is 13.8. The summed E-state index contributed by atoms with van der Waals surface area (Å²) in [7, 11) is 0. The van der Waals surface area contributed by atoms with Gasteiger partial charge in [-0.2, -0.15) is 0 Å². The molecular formula is C30H48O8. The van der Waals surface area contributed by atoms with Gasteiger partial charge in [0.2, 0.25) is 0 Å². The molecule has 0 bridgehead atoms. The molecule has 6 unspecified atom stereocenters. The van der Waals surface area contributed by atoms with E-state index in [1.165, 1.54) is 30.6 Å². The Labute approximate surface area is 228 Å². The normalized spacial score (nSPS) is 32.4. The Morgan fingerprint density at radius 1 is 1.05 bits per heavy atom. The van der Waals surface area contributed by atoms with Crippen molar-refractivity contribution in [1.29, 1.82) is 0 Å². The zero-order valence-corrected chi connectivity index (χ0v) is 24.2. The second kappa shape index (κ2) is 15.0. The molecule has 6 atom stereocenters. The summed E-state index contributed by atoms with van der Waals surface area (Å²) < 4.78 is 22.1. The molecule has 2 rings (SSSR count).